The number of nitrogens with zero attached hydrogens (tertiary/aromatic N) is 1. The van der Waals surface area contributed by atoms with Crippen LogP contribution in [-0.2, 0) is 33.4 Å². The molecule has 10 heteroatoms. The van der Waals surface area contributed by atoms with Crippen molar-refractivity contribution < 1.29 is 43.7 Å². The Morgan fingerprint density at radius 1 is 0.934 bits per heavy atom. The van der Waals surface area contributed by atoms with E-state index < -0.39 is 41.6 Å². The molecule has 1 amide bonds. The molecule has 3 rings (SSSR count). The number of aliphatic hydroxyl groups is 2. The third kappa shape index (κ3) is 16.4. The molecule has 3 aliphatic rings. The maximum atomic E-state index is 13.4. The third-order valence-electron chi connectivity index (χ3n) is 13.6. The Bertz CT molecular complexity index is 1610. The van der Waals surface area contributed by atoms with Gasteiger partial charge >= 0.3 is 0 Å². The number of aliphatic hydroxyl groups excluding tert-OH is 1. The number of methoxy groups -OCH3 is 1. The molecule has 0 radical (unpaired) electrons. The van der Waals surface area contributed by atoms with Crippen LogP contribution in [0.4, 0.5) is 0 Å². The number of rotatable bonds is 24. The maximum Gasteiger partial charge on any atom is 0.296 e. The van der Waals surface area contributed by atoms with E-state index in [0.717, 1.165) is 37.7 Å². The van der Waals surface area contributed by atoms with Crippen molar-refractivity contribution in [3.05, 3.63) is 60.3 Å². The first-order chi connectivity index (χ1) is 28.9. The molecule has 2 aliphatic heterocycles. The summed E-state index contributed by atoms with van der Waals surface area (Å²) in [4.78, 5) is 66.5. The van der Waals surface area contributed by atoms with Crippen molar-refractivity contribution in [2.45, 2.75) is 181 Å². The van der Waals surface area contributed by atoms with E-state index in [2.05, 4.69) is 26.5 Å². The van der Waals surface area contributed by atoms with E-state index in [0.29, 0.717) is 74.9 Å². The Hall–Kier alpha value is -3.31. The molecular formula is C51H79NO9. The zero-order valence-corrected chi connectivity index (χ0v) is 38.7. The zero-order chi connectivity index (χ0) is 45.3. The number of carbonyl (C=O) groups is 5. The van der Waals surface area contributed by atoms with E-state index in [4.69, 9.17) is 9.47 Å². The number of amides is 1. The van der Waals surface area contributed by atoms with E-state index in [1.54, 1.807) is 21.0 Å². The number of ether oxygens (including phenoxy) is 2. The summed E-state index contributed by atoms with van der Waals surface area (Å²) >= 11 is 0. The molecule has 342 valence electrons. The Kier molecular flexibility index (Phi) is 21.9. The first-order valence-corrected chi connectivity index (χ1v) is 23.3. The van der Waals surface area contributed by atoms with Crippen molar-refractivity contribution in [2.75, 3.05) is 13.7 Å². The second-order valence-corrected chi connectivity index (χ2v) is 18.9. The van der Waals surface area contributed by atoms with E-state index in [1.165, 1.54) is 23.8 Å². The number of hydrogen-bond acceptors (Lipinski definition) is 9. The highest BCUT2D eigenvalue weighted by Gasteiger charge is 2.52. The SMILES string of the molecule is C=CC(=O)[C@@H]1CCCCN1C(=O)C(=O)[C@]1(O)O[C@H](CC/C(C)=C/C=C/C=C/[C@@H](C)C[C@@H](C)C(=O)C[C@H](O)/C(C)=C/[C@@H](C)C(=O)CC[C@H](C)C[C@@H]2CCC[C@H](OC)C2)CC[C@H]1C. The maximum absolute atomic E-state index is 13.4. The first-order valence-electron chi connectivity index (χ1n) is 23.3. The van der Waals surface area contributed by atoms with Crippen molar-refractivity contribution in [3.8, 4) is 0 Å². The quantitative estimate of drug-likeness (QED) is 0.0420. The largest absolute Gasteiger partial charge is 0.388 e. The van der Waals surface area contributed by atoms with Gasteiger partial charge in [0.05, 0.1) is 24.4 Å². The molecule has 2 saturated heterocycles. The first kappa shape index (κ1) is 52.0. The number of ketones is 4. The predicted molar refractivity (Wildman–Crippen MR) is 241 cm³/mol. The summed E-state index contributed by atoms with van der Waals surface area (Å²) in [6.07, 6.45) is 24.2. The Morgan fingerprint density at radius 3 is 2.38 bits per heavy atom. The van der Waals surface area contributed by atoms with Crippen molar-refractivity contribution in [3.63, 3.8) is 0 Å². The molecule has 2 N–H and O–H groups in total. The van der Waals surface area contributed by atoms with Crippen molar-refractivity contribution in [1.29, 1.82) is 0 Å². The Morgan fingerprint density at radius 2 is 1.67 bits per heavy atom. The number of likely N-dealkylation sites (tertiary alicyclic amines) is 1. The number of Topliss-reactive ketones (excluding diaryl/α,β-unsaturated/α-hetero) is 3. The second kappa shape index (κ2) is 25.7. The van der Waals surface area contributed by atoms with Gasteiger partial charge in [-0.25, -0.2) is 0 Å². The molecule has 0 aromatic rings. The lowest BCUT2D eigenvalue weighted by atomic mass is 9.80. The van der Waals surface area contributed by atoms with Crippen molar-refractivity contribution in [2.24, 2.45) is 35.5 Å². The van der Waals surface area contributed by atoms with Crippen LogP contribution in [0.5, 0.6) is 0 Å². The van der Waals surface area contributed by atoms with Crippen molar-refractivity contribution in [1.82, 2.24) is 4.90 Å². The topological polar surface area (TPSA) is 148 Å². The van der Waals surface area contributed by atoms with Gasteiger partial charge in [0, 0.05) is 44.2 Å². The lowest BCUT2D eigenvalue weighted by molar-refractivity contribution is -0.263. The summed E-state index contributed by atoms with van der Waals surface area (Å²) in [5.41, 5.74) is 1.75. The minimum atomic E-state index is -2.24. The summed E-state index contributed by atoms with van der Waals surface area (Å²) in [5, 5.41) is 22.3. The summed E-state index contributed by atoms with van der Waals surface area (Å²) < 4.78 is 11.6. The van der Waals surface area contributed by atoms with Gasteiger partial charge < -0.3 is 24.6 Å². The van der Waals surface area contributed by atoms with Gasteiger partial charge in [-0.1, -0.05) is 96.1 Å². The molecule has 11 atom stereocenters. The van der Waals surface area contributed by atoms with Crippen LogP contribution < -0.4 is 0 Å². The predicted octanol–water partition coefficient (Wildman–Crippen LogP) is 9.18. The monoisotopic (exact) mass is 850 g/mol. The molecule has 1 aliphatic carbocycles. The van der Waals surface area contributed by atoms with Gasteiger partial charge in [-0.05, 0) is 120 Å². The third-order valence-corrected chi connectivity index (χ3v) is 13.6. The van der Waals surface area contributed by atoms with E-state index >= 15 is 0 Å². The average molecular weight is 850 g/mol. The highest BCUT2D eigenvalue weighted by Crippen LogP contribution is 2.36. The molecule has 0 aromatic carbocycles. The summed E-state index contributed by atoms with van der Waals surface area (Å²) in [6.45, 7) is 17.4. The van der Waals surface area contributed by atoms with Gasteiger partial charge in [0.2, 0.25) is 5.79 Å². The van der Waals surface area contributed by atoms with Crippen LogP contribution in [0.1, 0.15) is 151 Å². The fraction of sp³-hybridized carbons (Fsp3) is 0.706. The van der Waals surface area contributed by atoms with Crippen LogP contribution in [-0.4, -0.2) is 87.9 Å². The van der Waals surface area contributed by atoms with Gasteiger partial charge in [-0.2, -0.15) is 0 Å². The zero-order valence-electron chi connectivity index (χ0n) is 38.7. The summed E-state index contributed by atoms with van der Waals surface area (Å²) in [5.74, 6) is -4.05. The second-order valence-electron chi connectivity index (χ2n) is 18.9. The molecule has 0 aromatic heterocycles. The highest BCUT2D eigenvalue weighted by molar-refractivity contribution is 6.39. The van der Waals surface area contributed by atoms with E-state index in [1.807, 2.05) is 51.2 Å². The standard InChI is InChI=1S/C51H79NO9/c1-10-45(53)44-21-14-15-28-52(44)50(58)49(57)51(59)40(8)24-26-42(61-51)25-22-34(2)17-12-11-13-18-35(3)29-37(5)47(55)33-48(56)39(7)31-38(6)46(54)27-23-36(4)30-41-19-16-20-43(32-41)60-9/h10-13,17-18,31,35-38,40-44,48,56,59H,1,14-16,19-30,32-33H2,2-9H3/b12-11+,18-13+,34-17+,39-31+/t35-,36+,37-,38-,40-,41+,42-,43+,44+,48+,51-/m1/s1. The minimum absolute atomic E-state index is 0.00211. The van der Waals surface area contributed by atoms with Crippen LogP contribution in [0.15, 0.2) is 60.3 Å². The normalized spacial score (nSPS) is 28.0. The van der Waals surface area contributed by atoms with Gasteiger partial charge in [0.25, 0.3) is 11.7 Å². The summed E-state index contributed by atoms with van der Waals surface area (Å²) in [7, 11) is 1.80. The van der Waals surface area contributed by atoms with Crippen LogP contribution in [0.25, 0.3) is 0 Å². The van der Waals surface area contributed by atoms with Crippen LogP contribution in [0, 0.1) is 35.5 Å². The number of allylic oxidation sites excluding steroid dienone is 7. The molecule has 3 fully saturated rings. The van der Waals surface area contributed by atoms with Gasteiger partial charge in [0.1, 0.15) is 11.6 Å². The van der Waals surface area contributed by atoms with Crippen LogP contribution in [0.2, 0.25) is 0 Å². The van der Waals surface area contributed by atoms with Crippen molar-refractivity contribution >= 4 is 29.0 Å². The van der Waals surface area contributed by atoms with Gasteiger partial charge in [-0.15, -0.1) is 0 Å². The molecule has 0 unspecified atom stereocenters. The molecule has 0 spiro atoms. The van der Waals surface area contributed by atoms with Gasteiger partial charge in [0.15, 0.2) is 5.78 Å². The minimum Gasteiger partial charge on any atom is -0.388 e. The molecule has 10 nitrogen and oxygen atoms in total. The molecule has 1 saturated carbocycles. The fourth-order valence-electron chi connectivity index (χ4n) is 9.33. The molecule has 2 heterocycles. The van der Waals surface area contributed by atoms with Crippen LogP contribution in [0.3, 0.4) is 0 Å². The Balaban J connectivity index is 1.39. The van der Waals surface area contributed by atoms with E-state index in [-0.39, 0.29) is 48.1 Å². The molecule has 0 bridgehead atoms. The molecule has 61 heavy (non-hydrogen) atoms. The van der Waals surface area contributed by atoms with E-state index in [9.17, 15) is 34.2 Å². The van der Waals surface area contributed by atoms with Gasteiger partial charge in [-0.3, -0.25) is 24.0 Å². The average Bonchev–Trinajstić information content (AvgIpc) is 3.24. The lowest BCUT2D eigenvalue weighted by Crippen LogP contribution is -2.60. The highest BCUT2D eigenvalue weighted by atomic mass is 16.6. The fourth-order valence-corrected chi connectivity index (χ4v) is 9.33. The number of hydrogen-bond donors (Lipinski definition) is 2. The smallest absolute Gasteiger partial charge is 0.296 e. The number of piperidine rings is 1. The Labute approximate surface area is 367 Å². The van der Waals surface area contributed by atoms with Crippen LogP contribution >= 0.6 is 0 Å². The lowest BCUT2D eigenvalue weighted by Gasteiger charge is -2.42. The number of carbonyl (C=O) groups excluding carboxylic acids is 5. The molecular weight excluding hydrogens is 771 g/mol. The summed E-state index contributed by atoms with van der Waals surface area (Å²) in [6, 6.07) is -0.740.